The van der Waals surface area contributed by atoms with Gasteiger partial charge in [0.25, 0.3) is 0 Å². The first-order valence-electron chi connectivity index (χ1n) is 5.54. The highest BCUT2D eigenvalue weighted by Crippen LogP contribution is 2.58. The Labute approximate surface area is 111 Å². The van der Waals surface area contributed by atoms with Gasteiger partial charge in [0, 0.05) is 5.56 Å². The zero-order valence-corrected chi connectivity index (χ0v) is 11.9. The number of nitrogens with two attached hydrogens (primary N) is 1. The molecule has 0 unspecified atom stereocenters. The minimum Gasteiger partial charge on any atom is -0.314 e. The third-order valence-electron chi connectivity index (χ3n) is 2.26. The summed E-state index contributed by atoms with van der Waals surface area (Å²) in [5.74, 6) is -1.90. The van der Waals surface area contributed by atoms with Gasteiger partial charge in [-0.15, -0.1) is 0 Å². The lowest BCUT2D eigenvalue weighted by molar-refractivity contribution is 0.212. The van der Waals surface area contributed by atoms with Gasteiger partial charge >= 0.3 is 7.60 Å². The number of hydrogen-bond donors (Lipinski definition) is 1. The first-order chi connectivity index (χ1) is 8.46. The van der Waals surface area contributed by atoms with E-state index in [1.807, 2.05) is 0 Å². The summed E-state index contributed by atoms with van der Waals surface area (Å²) in [5, 5.41) is -0.0810. The SMILES string of the molecule is CCOP(=O)(OCC)[C@H](N)c1cccc(Cl)c1F. The Hall–Kier alpha value is -0.450. The van der Waals surface area contributed by atoms with E-state index < -0.39 is 19.2 Å². The van der Waals surface area contributed by atoms with Crippen molar-refractivity contribution in [2.75, 3.05) is 13.2 Å². The molecule has 2 N–H and O–H groups in total. The van der Waals surface area contributed by atoms with E-state index in [-0.39, 0.29) is 23.8 Å². The van der Waals surface area contributed by atoms with Crippen LogP contribution in [0.4, 0.5) is 4.39 Å². The summed E-state index contributed by atoms with van der Waals surface area (Å²) in [5.41, 5.74) is 5.82. The van der Waals surface area contributed by atoms with Crippen LogP contribution >= 0.6 is 19.2 Å². The standard InChI is InChI=1S/C11H16ClFNO3P/c1-3-16-18(15,17-4-2)11(14)8-6-5-7-9(12)10(8)13/h5-7,11H,3-4,14H2,1-2H3/t11-/m0/s1. The van der Waals surface area contributed by atoms with Crippen LogP contribution in [0.3, 0.4) is 0 Å². The predicted molar refractivity (Wildman–Crippen MR) is 69.2 cm³/mol. The maximum absolute atomic E-state index is 13.8. The van der Waals surface area contributed by atoms with Gasteiger partial charge in [-0.25, -0.2) is 4.39 Å². The molecule has 4 nitrogen and oxygen atoms in total. The Morgan fingerprint density at radius 2 is 1.94 bits per heavy atom. The van der Waals surface area contributed by atoms with Gasteiger partial charge in [-0.3, -0.25) is 4.57 Å². The Morgan fingerprint density at radius 1 is 1.39 bits per heavy atom. The van der Waals surface area contributed by atoms with Crippen LogP contribution in [0.2, 0.25) is 5.02 Å². The number of halogens is 2. The van der Waals surface area contributed by atoms with E-state index in [2.05, 4.69) is 0 Å². The van der Waals surface area contributed by atoms with E-state index >= 15 is 0 Å². The molecule has 0 aromatic heterocycles. The van der Waals surface area contributed by atoms with Gasteiger partial charge in [0.05, 0.1) is 18.2 Å². The average molecular weight is 296 g/mol. The molecular weight excluding hydrogens is 280 g/mol. The van der Waals surface area contributed by atoms with E-state index in [1.54, 1.807) is 13.8 Å². The molecule has 0 aliphatic rings. The lowest BCUT2D eigenvalue weighted by Gasteiger charge is -2.23. The Kier molecular flexibility index (Phi) is 5.76. The van der Waals surface area contributed by atoms with Crippen LogP contribution in [0.5, 0.6) is 0 Å². The summed E-state index contributed by atoms with van der Waals surface area (Å²) in [4.78, 5) is 0. The van der Waals surface area contributed by atoms with Crippen molar-refractivity contribution in [1.29, 1.82) is 0 Å². The summed E-state index contributed by atoms with van der Waals surface area (Å²) < 4.78 is 36.4. The molecule has 1 aromatic carbocycles. The fourth-order valence-corrected chi connectivity index (χ4v) is 3.31. The van der Waals surface area contributed by atoms with E-state index in [0.29, 0.717) is 0 Å². The van der Waals surface area contributed by atoms with E-state index in [0.717, 1.165) is 0 Å². The van der Waals surface area contributed by atoms with Crippen LogP contribution in [0.1, 0.15) is 25.2 Å². The highest BCUT2D eigenvalue weighted by molar-refractivity contribution is 7.54. The van der Waals surface area contributed by atoms with Gasteiger partial charge in [0.15, 0.2) is 0 Å². The Balaban J connectivity index is 3.13. The molecule has 0 fully saturated rings. The second-order valence-electron chi connectivity index (χ2n) is 3.46. The van der Waals surface area contributed by atoms with Crippen molar-refractivity contribution in [3.63, 3.8) is 0 Å². The van der Waals surface area contributed by atoms with Crippen LogP contribution in [-0.4, -0.2) is 13.2 Å². The van der Waals surface area contributed by atoms with Gasteiger partial charge in [-0.2, -0.15) is 0 Å². The minimum atomic E-state index is -3.60. The molecule has 0 amide bonds. The maximum Gasteiger partial charge on any atom is 0.351 e. The predicted octanol–water partition coefficient (Wildman–Crippen LogP) is 3.70. The van der Waals surface area contributed by atoms with Crippen LogP contribution in [0.25, 0.3) is 0 Å². The normalized spacial score (nSPS) is 13.6. The molecular formula is C11H16ClFNO3P. The molecule has 1 aromatic rings. The van der Waals surface area contributed by atoms with E-state index in [4.69, 9.17) is 26.4 Å². The molecule has 0 heterocycles. The summed E-state index contributed by atoms with van der Waals surface area (Å²) in [6.45, 7) is 3.64. The van der Waals surface area contributed by atoms with Gasteiger partial charge in [-0.1, -0.05) is 23.7 Å². The summed E-state index contributed by atoms with van der Waals surface area (Å²) >= 11 is 5.66. The number of hydrogen-bond acceptors (Lipinski definition) is 4. The Morgan fingerprint density at radius 3 is 2.44 bits per heavy atom. The molecule has 1 rings (SSSR count). The Bertz CT molecular complexity index is 448. The first kappa shape index (κ1) is 15.6. The zero-order chi connectivity index (χ0) is 13.8. The number of rotatable bonds is 6. The van der Waals surface area contributed by atoms with Crippen molar-refractivity contribution in [1.82, 2.24) is 0 Å². The van der Waals surface area contributed by atoms with Gasteiger partial charge in [0.1, 0.15) is 11.6 Å². The molecule has 7 heteroatoms. The van der Waals surface area contributed by atoms with Crippen LogP contribution in [0.15, 0.2) is 18.2 Å². The van der Waals surface area contributed by atoms with Crippen LogP contribution < -0.4 is 5.73 Å². The number of benzene rings is 1. The average Bonchev–Trinajstić information content (AvgIpc) is 2.32. The maximum atomic E-state index is 13.8. The van der Waals surface area contributed by atoms with Crippen LogP contribution in [0, 0.1) is 5.82 Å². The monoisotopic (exact) mass is 295 g/mol. The second kappa shape index (κ2) is 6.64. The summed E-state index contributed by atoms with van der Waals surface area (Å²) in [6.07, 6.45) is 0. The van der Waals surface area contributed by atoms with Crippen molar-refractivity contribution in [2.45, 2.75) is 19.6 Å². The fraction of sp³-hybridized carbons (Fsp3) is 0.455. The quantitative estimate of drug-likeness (QED) is 0.813. The molecule has 18 heavy (non-hydrogen) atoms. The molecule has 0 aliphatic heterocycles. The van der Waals surface area contributed by atoms with Gasteiger partial charge in [0.2, 0.25) is 0 Å². The fourth-order valence-electron chi connectivity index (χ4n) is 1.48. The van der Waals surface area contributed by atoms with Gasteiger partial charge < -0.3 is 14.8 Å². The van der Waals surface area contributed by atoms with Crippen molar-refractivity contribution >= 4 is 19.2 Å². The minimum absolute atomic E-state index is 0.0210. The highest BCUT2D eigenvalue weighted by atomic mass is 35.5. The topological polar surface area (TPSA) is 61.5 Å². The van der Waals surface area contributed by atoms with Crippen LogP contribution in [-0.2, 0) is 13.6 Å². The largest absolute Gasteiger partial charge is 0.351 e. The first-order valence-corrected chi connectivity index (χ1v) is 7.53. The van der Waals surface area contributed by atoms with E-state index in [9.17, 15) is 8.96 Å². The van der Waals surface area contributed by atoms with Crippen molar-refractivity contribution in [3.8, 4) is 0 Å². The van der Waals surface area contributed by atoms with Crippen molar-refractivity contribution in [3.05, 3.63) is 34.6 Å². The molecule has 0 radical (unpaired) electrons. The smallest absolute Gasteiger partial charge is 0.314 e. The van der Waals surface area contributed by atoms with E-state index in [1.165, 1.54) is 18.2 Å². The summed E-state index contributed by atoms with van der Waals surface area (Å²) in [6, 6.07) is 4.33. The highest BCUT2D eigenvalue weighted by Gasteiger charge is 2.35. The third-order valence-corrected chi connectivity index (χ3v) is 4.75. The second-order valence-corrected chi connectivity index (χ2v) is 6.02. The van der Waals surface area contributed by atoms with Gasteiger partial charge in [-0.05, 0) is 19.9 Å². The lowest BCUT2D eigenvalue weighted by atomic mass is 10.2. The van der Waals surface area contributed by atoms with Crippen molar-refractivity contribution < 1.29 is 18.0 Å². The third kappa shape index (κ3) is 3.31. The molecule has 0 saturated carbocycles. The van der Waals surface area contributed by atoms with Crippen molar-refractivity contribution in [2.24, 2.45) is 5.73 Å². The molecule has 1 atom stereocenters. The molecule has 0 bridgehead atoms. The lowest BCUT2D eigenvalue weighted by Crippen LogP contribution is -2.16. The zero-order valence-electron chi connectivity index (χ0n) is 10.2. The molecule has 0 spiro atoms. The molecule has 102 valence electrons. The molecule has 0 saturated heterocycles. The molecule has 0 aliphatic carbocycles. The summed E-state index contributed by atoms with van der Waals surface area (Å²) in [7, 11) is -3.60.